The summed E-state index contributed by atoms with van der Waals surface area (Å²) in [6, 6.07) is 49.5. The number of aryl methyl sites for hydroxylation is 2. The number of pyridine rings is 1. The number of nitriles is 1. The number of thiocarbonyl (C=S) groups is 1. The lowest BCUT2D eigenvalue weighted by atomic mass is 10.1. The second-order valence-corrected chi connectivity index (χ2v) is 29.8. The molecule has 13 rings (SSSR count). The number of carboxylic acid groups (broad SMARTS) is 1. The summed E-state index contributed by atoms with van der Waals surface area (Å²) in [7, 11) is -0.347. The van der Waals surface area contributed by atoms with Crippen molar-refractivity contribution in [3.8, 4) is 23.2 Å². The van der Waals surface area contributed by atoms with Crippen LogP contribution in [0.2, 0.25) is 0 Å². The van der Waals surface area contributed by atoms with Crippen molar-refractivity contribution < 1.29 is 51.4 Å². The molecule has 109 heavy (non-hydrogen) atoms. The van der Waals surface area contributed by atoms with Crippen molar-refractivity contribution in [2.45, 2.75) is 114 Å². The molecule has 29 heteroatoms. The molecule has 5 aromatic heterocycles. The zero-order valence-electron chi connectivity index (χ0n) is 60.7. The minimum absolute atomic E-state index is 0.0265. The van der Waals surface area contributed by atoms with Crippen LogP contribution in [0.15, 0.2) is 196 Å². The standard InChI is InChI=1S/C24H27N5O4S.C22H18N4O3S.C20H25BrN2O3S.C14H13N3O/c1-2-14-9-11-16(12-10-14)29(24(32)21-18(25)19(22(26)30)28-34-21)20(17-8-5-13-33-17)23(31)27-15-6-3-4-7-15;27-19(28)11-12-25-14-16(20(24-25)15-7-3-1-4-8-15)13-18-21(29)26(22(30)23-18)17-9-5-2-6-10-17;1-14-18(20(24)23-10-5-4-6-11-23)19(15(2)22(14)3)27(25,26)13-16-8-7-9-17(21)12-16;1-18-14-12(9-15)13(7-8-16-14)17-10-11-5-3-2-4-6-11/h5,8-13,15,20H,2-4,6-7,25H2,1H3,(H2,26,30)(H,27,31);1-10,13-14H,11-12H2,(H,23,30)(H,27,28);7-9,12H,4-6,10-11,13H2,1-3H3;2-8H,10H2,1H3,(H,16,17)/b;18-13+;;. The molecule has 2 saturated heterocycles. The van der Waals surface area contributed by atoms with Crippen LogP contribution in [0.3, 0.4) is 0 Å². The number of anilines is 4. The second kappa shape index (κ2) is 37.3. The molecule has 1 unspecified atom stereocenters. The first-order valence-corrected chi connectivity index (χ1v) is 38.8. The van der Waals surface area contributed by atoms with Crippen molar-refractivity contribution in [2.75, 3.05) is 41.0 Å². The fourth-order valence-corrected chi connectivity index (χ4v) is 16.1. The second-order valence-electron chi connectivity index (χ2n) is 25.8. The molecule has 1 atom stereocenters. The number of nitrogens with one attached hydrogen (secondary N) is 3. The van der Waals surface area contributed by atoms with Crippen molar-refractivity contribution in [1.29, 1.82) is 5.26 Å². The van der Waals surface area contributed by atoms with Crippen LogP contribution < -0.4 is 42.0 Å². The number of para-hydroxylation sites is 1. The number of furan rings is 1. The highest BCUT2D eigenvalue weighted by Gasteiger charge is 2.40. The minimum atomic E-state index is -3.67. The third-order valence-corrected chi connectivity index (χ3v) is 22.0. The summed E-state index contributed by atoms with van der Waals surface area (Å²) >= 11 is 9.52. The van der Waals surface area contributed by atoms with Crippen LogP contribution in [0.5, 0.6) is 5.88 Å². The molecule has 1 aliphatic carbocycles. The van der Waals surface area contributed by atoms with Gasteiger partial charge in [0.1, 0.15) is 32.9 Å². The van der Waals surface area contributed by atoms with E-state index < -0.39 is 33.7 Å². The van der Waals surface area contributed by atoms with Crippen molar-refractivity contribution in [3.63, 3.8) is 0 Å². The van der Waals surface area contributed by atoms with Crippen LogP contribution in [0.1, 0.15) is 140 Å². The largest absolute Gasteiger partial charge is 0.481 e. The first kappa shape index (κ1) is 80.0. The van der Waals surface area contributed by atoms with E-state index in [0.717, 1.165) is 89.7 Å². The Morgan fingerprint density at radius 2 is 1.55 bits per heavy atom. The number of rotatable bonds is 22. The Morgan fingerprint density at radius 1 is 0.881 bits per heavy atom. The topological polar surface area (TPSA) is 349 Å². The van der Waals surface area contributed by atoms with Gasteiger partial charge in [-0.1, -0.05) is 139 Å². The number of aromatic nitrogens is 5. The van der Waals surface area contributed by atoms with E-state index in [1.165, 1.54) is 23.2 Å². The number of carbonyl (C=O) groups excluding carboxylic acids is 5. The molecule has 3 fully saturated rings. The summed E-state index contributed by atoms with van der Waals surface area (Å²) in [5, 5.41) is 32.2. The summed E-state index contributed by atoms with van der Waals surface area (Å²) in [6.45, 7) is 7.89. The molecule has 8 N–H and O–H groups in total. The number of methoxy groups -OCH3 is 1. The number of aliphatic carboxylic acids is 1. The predicted octanol–water partition coefficient (Wildman–Crippen LogP) is 13.3. The molecule has 0 radical (unpaired) electrons. The molecule has 564 valence electrons. The molecule has 0 bridgehead atoms. The number of halogens is 1. The Balaban J connectivity index is 0.000000158. The van der Waals surface area contributed by atoms with Gasteiger partial charge < -0.3 is 51.1 Å². The molecule has 0 spiro atoms. The number of ether oxygens (including phenoxy) is 1. The maximum Gasteiger partial charge on any atom is 0.305 e. The van der Waals surface area contributed by atoms with Crippen molar-refractivity contribution in [2.24, 2.45) is 12.8 Å². The molecule has 7 heterocycles. The Labute approximate surface area is 649 Å². The number of carbonyl (C=O) groups is 6. The van der Waals surface area contributed by atoms with Crippen molar-refractivity contribution in [3.05, 3.63) is 248 Å². The van der Waals surface area contributed by atoms with Gasteiger partial charge in [0.05, 0.1) is 60.4 Å². The summed E-state index contributed by atoms with van der Waals surface area (Å²) in [6.07, 6.45) is 14.2. The Bertz CT molecular complexity index is 5090. The smallest absolute Gasteiger partial charge is 0.305 e. The third kappa shape index (κ3) is 19.8. The zero-order valence-corrected chi connectivity index (χ0v) is 64.7. The summed E-state index contributed by atoms with van der Waals surface area (Å²) in [5.41, 5.74) is 20.6. The Kier molecular flexibility index (Phi) is 27.4. The fraction of sp³-hybridized carbons (Fsp3) is 0.263. The maximum absolute atomic E-state index is 13.9. The molecule has 2 aliphatic heterocycles. The van der Waals surface area contributed by atoms with Crippen molar-refractivity contribution in [1.82, 2.24) is 39.2 Å². The molecule has 10 aromatic rings. The van der Waals surface area contributed by atoms with Gasteiger partial charge in [0.15, 0.2) is 26.7 Å². The van der Waals surface area contributed by atoms with Crippen molar-refractivity contribution >= 4 is 119 Å². The number of likely N-dealkylation sites (tertiary alicyclic amines) is 1. The average molecular weight is 1590 g/mol. The van der Waals surface area contributed by atoms with Gasteiger partial charge in [-0.3, -0.25) is 43.2 Å². The van der Waals surface area contributed by atoms with E-state index >= 15 is 0 Å². The van der Waals surface area contributed by atoms with Crippen LogP contribution >= 0.6 is 39.7 Å². The Hall–Kier alpha value is -11.6. The number of hydrogen-bond acceptors (Lipinski definition) is 18. The van der Waals surface area contributed by atoms with Gasteiger partial charge in [0.2, 0.25) is 5.88 Å². The van der Waals surface area contributed by atoms with Gasteiger partial charge in [0.25, 0.3) is 29.5 Å². The highest BCUT2D eigenvalue weighted by atomic mass is 79.9. The lowest BCUT2D eigenvalue weighted by Crippen LogP contribution is -2.46. The highest BCUT2D eigenvalue weighted by Crippen LogP contribution is 2.36. The fourth-order valence-electron chi connectivity index (χ4n) is 12.7. The third-order valence-electron chi connectivity index (χ3n) is 18.5. The monoisotopic (exact) mass is 1590 g/mol. The first-order chi connectivity index (χ1) is 52.5. The number of piperidine rings is 1. The van der Waals surface area contributed by atoms with Gasteiger partial charge >= 0.3 is 5.97 Å². The van der Waals surface area contributed by atoms with E-state index in [2.05, 4.69) is 52.4 Å². The number of benzene rings is 5. The van der Waals surface area contributed by atoms with E-state index in [1.807, 2.05) is 141 Å². The van der Waals surface area contributed by atoms with E-state index in [0.29, 0.717) is 92.8 Å². The quantitative estimate of drug-likeness (QED) is 0.0271. The Morgan fingerprint density at radius 3 is 2.17 bits per heavy atom. The lowest BCUT2D eigenvalue weighted by molar-refractivity contribution is -0.137. The van der Waals surface area contributed by atoms with Crippen LogP contribution in [0, 0.1) is 25.2 Å². The van der Waals surface area contributed by atoms with E-state index in [9.17, 15) is 37.2 Å². The average Bonchev–Trinajstić information content (AvgIpc) is 1.65. The van der Waals surface area contributed by atoms with E-state index in [1.54, 1.807) is 77.4 Å². The predicted molar refractivity (Wildman–Crippen MR) is 426 cm³/mol. The number of primary amides is 1. The number of hydrogen-bond donors (Lipinski definition) is 6. The molecular weight excluding hydrogens is 1510 g/mol. The number of amides is 5. The first-order valence-electron chi connectivity index (χ1n) is 35.2. The molecule has 5 aromatic carbocycles. The van der Waals surface area contributed by atoms with Gasteiger partial charge in [-0.15, -0.1) is 0 Å². The van der Waals surface area contributed by atoms with Crippen LogP contribution in [-0.2, 0) is 56.5 Å². The molecule has 3 aliphatic rings. The molecular formula is C80H83BrN14O11S3. The molecule has 1 saturated carbocycles. The zero-order chi connectivity index (χ0) is 77.9. The number of nitrogen functional groups attached to an aromatic ring is 1. The highest BCUT2D eigenvalue weighted by molar-refractivity contribution is 9.10. The summed E-state index contributed by atoms with van der Waals surface area (Å²) in [4.78, 5) is 85.1. The maximum atomic E-state index is 13.9. The van der Waals surface area contributed by atoms with Crippen LogP contribution in [0.4, 0.5) is 22.7 Å². The van der Waals surface area contributed by atoms with E-state index in [4.69, 9.17) is 43.2 Å². The summed E-state index contributed by atoms with van der Waals surface area (Å²) < 4.78 is 45.5. The molecule has 5 amide bonds. The van der Waals surface area contributed by atoms with Crippen LogP contribution in [0.25, 0.3) is 17.3 Å². The lowest BCUT2D eigenvalue weighted by Gasteiger charge is -2.30. The number of sulfone groups is 1. The van der Waals surface area contributed by atoms with Gasteiger partial charge in [-0.2, -0.15) is 14.7 Å². The number of nitrogens with zero attached hydrogens (tertiary/aromatic N) is 9. The number of carboxylic acids is 1. The van der Waals surface area contributed by atoms with Crippen LogP contribution in [-0.4, -0.2) is 109 Å². The SMILES string of the molecule is CCc1ccc(N(C(=O)c2snc(C(N)=O)c2N)C(C(=O)NC2CCCC2)c2ccco2)cc1.COc1nccc(NCc2ccccc2)c1C#N.Cc1c(C(=O)N2CCCCC2)c(S(=O)(=O)Cc2cccc(Br)c2)c(C)n1C.O=C(O)CCn1cc(/C=C2/NC(=S)N(c3ccccc3)C2=O)c(-c2ccccc2)n1. The number of nitrogens with two attached hydrogens (primary N) is 2. The van der Waals surface area contributed by atoms with Gasteiger partial charge in [-0.25, -0.2) is 13.4 Å². The van der Waals surface area contributed by atoms with E-state index in [-0.39, 0.29) is 63.6 Å². The summed E-state index contributed by atoms with van der Waals surface area (Å²) in [5.74, 6) is -2.56. The van der Waals surface area contributed by atoms with Gasteiger partial charge in [-0.05, 0) is 153 Å². The normalized spacial score (nSPS) is 14.0. The van der Waals surface area contributed by atoms with Gasteiger partial charge in [0, 0.05) is 77.8 Å². The minimum Gasteiger partial charge on any atom is -0.481 e. The molecule has 25 nitrogen and oxygen atoms in total.